The van der Waals surface area contributed by atoms with Crippen LogP contribution in [0.4, 0.5) is 0 Å². The van der Waals surface area contributed by atoms with Crippen LogP contribution in [-0.2, 0) is 76.7 Å². The second kappa shape index (κ2) is 39.9. The van der Waals surface area contributed by atoms with Gasteiger partial charge in [-0.2, -0.15) is 0 Å². The highest BCUT2D eigenvalue weighted by Crippen LogP contribution is 2.24. The molecule has 0 radical (unpaired) electrons. The summed E-state index contributed by atoms with van der Waals surface area (Å²) in [5, 5.41) is 53.2. The SMILES string of the molecule is CC(C)C[C@H](NC(=O)[C@@H]1CCCN1C(=O)[C@@H](NC(=O)[C@@H]1CCCN1C(=O)[C@H](CCC(=O)O)NC(=O)[C@H](C)NC(=O)[C@H](C)NC(=O)CNC(=O)[C@@H](N)CC(C)C)C(C)C)C(=O)N[C@H](C(=O)N[C@@H](CCCCN)C(=O)N[C@@H](CCC(N)=O)C(=O)N[C@@H](CC(=O)O)C(=O)O)C(C)C. The maximum Gasteiger partial charge on any atom is 0.326 e. The number of primary amides is 1. The van der Waals surface area contributed by atoms with Crippen molar-refractivity contribution < 1.29 is 92.0 Å². The van der Waals surface area contributed by atoms with Crippen LogP contribution in [0.25, 0.3) is 0 Å². The van der Waals surface area contributed by atoms with Crippen LogP contribution in [0.5, 0.6) is 0 Å². The van der Waals surface area contributed by atoms with Crippen molar-refractivity contribution in [2.75, 3.05) is 26.2 Å². The lowest BCUT2D eigenvalue weighted by Crippen LogP contribution is -2.61. The summed E-state index contributed by atoms with van der Waals surface area (Å²) in [5.41, 5.74) is 16.8. The molecule has 13 amide bonds. The quantitative estimate of drug-likeness (QED) is 0.0260. The van der Waals surface area contributed by atoms with Crippen molar-refractivity contribution in [2.24, 2.45) is 40.9 Å². The van der Waals surface area contributed by atoms with Crippen molar-refractivity contribution in [3.8, 4) is 0 Å². The fourth-order valence-corrected chi connectivity index (χ4v) is 10.5. The van der Waals surface area contributed by atoms with Gasteiger partial charge in [0, 0.05) is 25.9 Å². The van der Waals surface area contributed by atoms with Crippen LogP contribution in [0, 0.1) is 23.7 Å². The number of carbonyl (C=O) groups is 16. The van der Waals surface area contributed by atoms with Gasteiger partial charge in [0.1, 0.15) is 66.5 Å². The van der Waals surface area contributed by atoms with Crippen LogP contribution < -0.4 is 70.4 Å². The first-order valence-electron chi connectivity index (χ1n) is 31.9. The number of nitrogens with zero attached hydrogens (tertiary/aromatic N) is 2. The Morgan fingerprint density at radius 1 is 0.468 bits per heavy atom. The minimum atomic E-state index is -1.92. The average Bonchev–Trinajstić information content (AvgIpc) is 1.60. The second-order valence-corrected chi connectivity index (χ2v) is 25.4. The van der Waals surface area contributed by atoms with E-state index in [9.17, 15) is 92.0 Å². The molecule has 0 aromatic carbocycles. The smallest absolute Gasteiger partial charge is 0.326 e. The van der Waals surface area contributed by atoms with Gasteiger partial charge in [-0.3, -0.25) is 71.9 Å². The van der Waals surface area contributed by atoms with E-state index in [1.54, 1.807) is 41.5 Å². The molecule has 94 heavy (non-hydrogen) atoms. The minimum absolute atomic E-state index is 0.000745. The normalized spacial score (nSPS) is 17.7. The average molecular weight is 1340 g/mol. The minimum Gasteiger partial charge on any atom is -0.481 e. The molecule has 2 aliphatic rings. The third-order valence-electron chi connectivity index (χ3n) is 15.6. The van der Waals surface area contributed by atoms with Crippen molar-refractivity contribution in [3.63, 3.8) is 0 Å². The third-order valence-corrected chi connectivity index (χ3v) is 15.6. The van der Waals surface area contributed by atoms with E-state index in [4.69, 9.17) is 17.2 Å². The molecule has 0 spiro atoms. The predicted octanol–water partition coefficient (Wildman–Crippen LogP) is -3.96. The van der Waals surface area contributed by atoms with E-state index in [1.807, 2.05) is 19.2 Å². The summed E-state index contributed by atoms with van der Waals surface area (Å²) < 4.78 is 0. The standard InChI is InChI=1S/C60H101N15O19/c1-29(2)25-35(62)51(84)64-28-44(77)65-33(9)49(82)66-34(10)50(83)69-38(19-21-45(78)79)58(91)74-23-13-17-42(74)56(89)73-48(32(7)8)59(92)75-24-14-16-41(75)55(88)70-39(26-30(3)4)54(87)72-47(31(5)6)57(90)68-36(15-11-12-22-61)52(85)67-37(18-20-43(63)76)53(86)71-40(60(93)94)27-46(80)81/h29-42,47-48H,11-28,61-62H2,1-10H3,(H2,63,76)(H,64,84)(H,65,77)(H,66,82)(H,67,85)(H,68,90)(H,69,83)(H,70,88)(H,71,86)(H,72,87)(H,73,89)(H,78,79)(H,80,81)(H,93,94)/t33-,34-,35-,36-,37-,38-,39-,40-,41-,42-,47-,48-/m0/s1. The zero-order chi connectivity index (χ0) is 71.4. The lowest BCUT2D eigenvalue weighted by Gasteiger charge is -2.33. The molecule has 0 bridgehead atoms. The highest BCUT2D eigenvalue weighted by Gasteiger charge is 2.44. The van der Waals surface area contributed by atoms with Gasteiger partial charge >= 0.3 is 17.9 Å². The molecule has 2 saturated heterocycles. The number of carbonyl (C=O) groups excluding carboxylic acids is 13. The largest absolute Gasteiger partial charge is 0.481 e. The van der Waals surface area contributed by atoms with Gasteiger partial charge in [0.25, 0.3) is 0 Å². The fraction of sp³-hybridized carbons (Fsp3) is 0.733. The van der Waals surface area contributed by atoms with Crippen molar-refractivity contribution in [3.05, 3.63) is 0 Å². The van der Waals surface area contributed by atoms with E-state index in [0.717, 1.165) is 0 Å². The first-order chi connectivity index (χ1) is 43.9. The van der Waals surface area contributed by atoms with Gasteiger partial charge < -0.3 is 95.5 Å². The Balaban J connectivity index is 2.29. The summed E-state index contributed by atoms with van der Waals surface area (Å²) in [7, 11) is 0. The van der Waals surface area contributed by atoms with Gasteiger partial charge in [-0.1, -0.05) is 55.4 Å². The number of carboxylic acid groups (broad SMARTS) is 3. The summed E-state index contributed by atoms with van der Waals surface area (Å²) in [5.74, 6) is -16.6. The summed E-state index contributed by atoms with van der Waals surface area (Å²) >= 11 is 0. The monoisotopic (exact) mass is 1340 g/mol. The first-order valence-corrected chi connectivity index (χ1v) is 31.9. The molecule has 0 unspecified atom stereocenters. The Labute approximate surface area is 546 Å². The number of carboxylic acids is 3. The zero-order valence-corrected chi connectivity index (χ0v) is 55.5. The first kappa shape index (κ1) is 81.5. The van der Waals surface area contributed by atoms with Crippen molar-refractivity contribution in [2.45, 2.75) is 232 Å². The Morgan fingerprint density at radius 3 is 1.46 bits per heavy atom. The molecule has 2 rings (SSSR count). The topological polar surface area (TPSA) is 539 Å². The lowest BCUT2D eigenvalue weighted by atomic mass is 9.98. The van der Waals surface area contributed by atoms with E-state index in [2.05, 4.69) is 47.9 Å². The molecule has 0 saturated carbocycles. The number of unbranched alkanes of at least 4 members (excludes halogenated alkanes) is 1. The highest BCUT2D eigenvalue weighted by atomic mass is 16.4. The van der Waals surface area contributed by atoms with E-state index < -0.39 is 218 Å². The number of aliphatic carboxylic acids is 3. The van der Waals surface area contributed by atoms with Crippen LogP contribution in [0.15, 0.2) is 0 Å². The molecular weight excluding hydrogens is 1230 g/mol. The highest BCUT2D eigenvalue weighted by molar-refractivity contribution is 6.00. The number of hydrogen-bond acceptors (Lipinski definition) is 18. The molecule has 34 heteroatoms. The molecule has 34 nitrogen and oxygen atoms in total. The van der Waals surface area contributed by atoms with Crippen molar-refractivity contribution >= 4 is 94.7 Å². The van der Waals surface area contributed by atoms with Gasteiger partial charge in [-0.05, 0) is 115 Å². The molecular formula is C60H101N15O19. The Morgan fingerprint density at radius 2 is 0.947 bits per heavy atom. The number of rotatable bonds is 41. The van der Waals surface area contributed by atoms with Crippen molar-refractivity contribution in [1.82, 2.24) is 63.0 Å². The van der Waals surface area contributed by atoms with E-state index in [0.29, 0.717) is 25.7 Å². The molecule has 2 heterocycles. The van der Waals surface area contributed by atoms with Crippen LogP contribution in [0.1, 0.15) is 159 Å². The molecule has 530 valence electrons. The molecule has 2 fully saturated rings. The molecule has 2 aliphatic heterocycles. The van der Waals surface area contributed by atoms with Crippen LogP contribution in [-0.4, -0.2) is 219 Å². The summed E-state index contributed by atoms with van der Waals surface area (Å²) in [6.07, 6.45) is -1.06. The second-order valence-electron chi connectivity index (χ2n) is 25.4. The van der Waals surface area contributed by atoms with E-state index in [1.165, 1.54) is 23.6 Å². The van der Waals surface area contributed by atoms with Gasteiger partial charge in [0.15, 0.2) is 0 Å². The van der Waals surface area contributed by atoms with Crippen molar-refractivity contribution in [1.29, 1.82) is 0 Å². The number of likely N-dealkylation sites (tertiary alicyclic amines) is 2. The number of hydrogen-bond donors (Lipinski definition) is 16. The van der Waals surface area contributed by atoms with Crippen LogP contribution >= 0.6 is 0 Å². The summed E-state index contributed by atoms with van der Waals surface area (Å²) in [6.45, 7) is 16.2. The number of nitrogens with one attached hydrogen (secondary N) is 10. The Bertz CT molecular complexity index is 2710. The fourth-order valence-electron chi connectivity index (χ4n) is 10.5. The molecule has 12 atom stereocenters. The molecule has 0 aromatic rings. The molecule has 0 aliphatic carbocycles. The van der Waals surface area contributed by atoms with Crippen LogP contribution in [0.2, 0.25) is 0 Å². The van der Waals surface area contributed by atoms with Gasteiger partial charge in [-0.15, -0.1) is 0 Å². The lowest BCUT2D eigenvalue weighted by molar-refractivity contribution is -0.147. The van der Waals surface area contributed by atoms with Crippen LogP contribution in [0.3, 0.4) is 0 Å². The Hall–Kier alpha value is -8.56. The maximum atomic E-state index is 14.6. The molecule has 19 N–H and O–H groups in total. The van der Waals surface area contributed by atoms with Gasteiger partial charge in [0.05, 0.1) is 19.0 Å². The summed E-state index contributed by atoms with van der Waals surface area (Å²) in [4.78, 5) is 214. The van der Waals surface area contributed by atoms with E-state index >= 15 is 0 Å². The van der Waals surface area contributed by atoms with Gasteiger partial charge in [0.2, 0.25) is 76.8 Å². The third kappa shape index (κ3) is 27.6. The summed E-state index contributed by atoms with van der Waals surface area (Å²) in [6, 6.07) is -16.1. The maximum absolute atomic E-state index is 14.6. The number of nitrogens with two attached hydrogens (primary N) is 3. The number of amides is 13. The van der Waals surface area contributed by atoms with Gasteiger partial charge in [-0.25, -0.2) is 4.79 Å². The van der Waals surface area contributed by atoms with E-state index in [-0.39, 0.29) is 63.6 Å². The predicted molar refractivity (Wildman–Crippen MR) is 336 cm³/mol. The molecule has 0 aromatic heterocycles. The Kier molecular flexibility index (Phi) is 34.6. The zero-order valence-electron chi connectivity index (χ0n) is 55.5.